The van der Waals surface area contributed by atoms with Gasteiger partial charge in [0.15, 0.2) is 0 Å². The van der Waals surface area contributed by atoms with Gasteiger partial charge in [-0.05, 0) is 42.2 Å². The molecule has 1 atom stereocenters. The molecule has 1 aliphatic rings. The molecule has 1 saturated heterocycles. The van der Waals surface area contributed by atoms with E-state index in [0.29, 0.717) is 19.0 Å². The third kappa shape index (κ3) is 4.89. The number of carbonyl (C=O) groups is 1. The Labute approximate surface area is 149 Å². The minimum atomic E-state index is -0.105. The highest BCUT2D eigenvalue weighted by Gasteiger charge is 2.23. The van der Waals surface area contributed by atoms with E-state index in [1.54, 1.807) is 7.11 Å². The van der Waals surface area contributed by atoms with Gasteiger partial charge in [0.1, 0.15) is 5.75 Å². The molecule has 0 radical (unpaired) electrons. The first-order chi connectivity index (χ1) is 12.2. The maximum absolute atomic E-state index is 11.9. The number of anilines is 1. The van der Waals surface area contributed by atoms with E-state index in [1.807, 2.05) is 42.5 Å². The molecule has 1 fully saturated rings. The number of ether oxygens (including phenoxy) is 1. The quantitative estimate of drug-likeness (QED) is 0.851. The zero-order chi connectivity index (χ0) is 17.5. The lowest BCUT2D eigenvalue weighted by molar-refractivity contribution is 0.239. The van der Waals surface area contributed by atoms with Crippen LogP contribution in [0.3, 0.4) is 0 Å². The number of urea groups is 1. The van der Waals surface area contributed by atoms with Crippen molar-refractivity contribution in [3.63, 3.8) is 0 Å². The van der Waals surface area contributed by atoms with Crippen LogP contribution >= 0.6 is 0 Å². The van der Waals surface area contributed by atoms with Crippen LogP contribution in [-0.2, 0) is 6.54 Å². The topological polar surface area (TPSA) is 53.6 Å². The first-order valence-corrected chi connectivity index (χ1v) is 8.69. The van der Waals surface area contributed by atoms with Crippen molar-refractivity contribution in [2.24, 2.45) is 5.92 Å². The second-order valence-electron chi connectivity index (χ2n) is 6.35. The van der Waals surface area contributed by atoms with E-state index >= 15 is 0 Å². The molecular weight excluding hydrogens is 314 g/mol. The van der Waals surface area contributed by atoms with E-state index in [1.165, 1.54) is 5.69 Å². The van der Waals surface area contributed by atoms with E-state index < -0.39 is 0 Å². The maximum Gasteiger partial charge on any atom is 0.315 e. The molecule has 2 aromatic carbocycles. The van der Waals surface area contributed by atoms with Gasteiger partial charge in [-0.15, -0.1) is 0 Å². The van der Waals surface area contributed by atoms with Gasteiger partial charge < -0.3 is 20.3 Å². The molecule has 5 heteroatoms. The van der Waals surface area contributed by atoms with E-state index in [4.69, 9.17) is 4.74 Å². The lowest BCUT2D eigenvalue weighted by Crippen LogP contribution is -2.38. The fourth-order valence-corrected chi connectivity index (χ4v) is 3.10. The van der Waals surface area contributed by atoms with Crippen molar-refractivity contribution in [3.05, 3.63) is 60.2 Å². The van der Waals surface area contributed by atoms with Crippen molar-refractivity contribution < 1.29 is 9.53 Å². The standard InChI is InChI=1S/C20H25N3O2/c1-25-19-9-7-18(8-10-19)23-12-11-17(15-23)14-22-20(24)21-13-16-5-3-2-4-6-16/h2-10,17H,11-15H2,1H3,(H2,21,22,24). The molecule has 132 valence electrons. The first kappa shape index (κ1) is 17.1. The number of rotatable bonds is 6. The second kappa shape index (κ2) is 8.42. The van der Waals surface area contributed by atoms with Crippen LogP contribution < -0.4 is 20.3 Å². The molecule has 2 amide bonds. The number of hydrogen-bond donors (Lipinski definition) is 2. The Morgan fingerprint density at radius 1 is 1.12 bits per heavy atom. The van der Waals surface area contributed by atoms with Gasteiger partial charge in [0.2, 0.25) is 0 Å². The Morgan fingerprint density at radius 3 is 2.60 bits per heavy atom. The minimum absolute atomic E-state index is 0.105. The summed E-state index contributed by atoms with van der Waals surface area (Å²) in [5.41, 5.74) is 2.31. The predicted octanol–water partition coefficient (Wildman–Crippen LogP) is 3.02. The highest BCUT2D eigenvalue weighted by molar-refractivity contribution is 5.73. The van der Waals surface area contributed by atoms with Crippen molar-refractivity contribution in [2.45, 2.75) is 13.0 Å². The normalized spacial score (nSPS) is 16.5. The molecule has 0 spiro atoms. The number of methoxy groups -OCH3 is 1. The summed E-state index contributed by atoms with van der Waals surface area (Å²) in [6.45, 7) is 3.23. The summed E-state index contributed by atoms with van der Waals surface area (Å²) in [5.74, 6) is 1.35. The lowest BCUT2D eigenvalue weighted by atomic mass is 10.1. The van der Waals surface area contributed by atoms with Crippen LogP contribution in [0.1, 0.15) is 12.0 Å². The molecule has 2 aromatic rings. The van der Waals surface area contributed by atoms with Crippen molar-refractivity contribution in [2.75, 3.05) is 31.6 Å². The van der Waals surface area contributed by atoms with Gasteiger partial charge in [0, 0.05) is 31.9 Å². The van der Waals surface area contributed by atoms with Gasteiger partial charge in [-0.3, -0.25) is 0 Å². The molecule has 0 aliphatic carbocycles. The lowest BCUT2D eigenvalue weighted by Gasteiger charge is -2.19. The van der Waals surface area contributed by atoms with E-state index in [9.17, 15) is 4.79 Å². The highest BCUT2D eigenvalue weighted by Crippen LogP contribution is 2.25. The number of amides is 2. The maximum atomic E-state index is 11.9. The Bertz CT molecular complexity index is 673. The van der Waals surface area contributed by atoms with Crippen molar-refractivity contribution in [1.29, 1.82) is 0 Å². The fourth-order valence-electron chi connectivity index (χ4n) is 3.10. The molecule has 0 aromatic heterocycles. The van der Waals surface area contributed by atoms with Gasteiger partial charge in [-0.1, -0.05) is 30.3 Å². The molecule has 2 N–H and O–H groups in total. The second-order valence-corrected chi connectivity index (χ2v) is 6.35. The van der Waals surface area contributed by atoms with E-state index in [0.717, 1.165) is 30.8 Å². The largest absolute Gasteiger partial charge is 0.497 e. The first-order valence-electron chi connectivity index (χ1n) is 8.69. The summed E-state index contributed by atoms with van der Waals surface area (Å²) < 4.78 is 5.20. The molecule has 0 bridgehead atoms. The average molecular weight is 339 g/mol. The van der Waals surface area contributed by atoms with Crippen LogP contribution in [0.5, 0.6) is 5.75 Å². The van der Waals surface area contributed by atoms with Crippen molar-refractivity contribution in [3.8, 4) is 5.75 Å². The third-order valence-electron chi connectivity index (χ3n) is 4.57. The smallest absolute Gasteiger partial charge is 0.315 e. The molecule has 0 saturated carbocycles. The molecule has 1 aliphatic heterocycles. The van der Waals surface area contributed by atoms with Gasteiger partial charge in [-0.2, -0.15) is 0 Å². The summed E-state index contributed by atoms with van der Waals surface area (Å²) in [4.78, 5) is 14.3. The molecule has 1 heterocycles. The Kier molecular flexibility index (Phi) is 5.77. The van der Waals surface area contributed by atoms with Crippen molar-refractivity contribution >= 4 is 11.7 Å². The van der Waals surface area contributed by atoms with Crippen LogP contribution in [0.25, 0.3) is 0 Å². The number of nitrogens with zero attached hydrogens (tertiary/aromatic N) is 1. The van der Waals surface area contributed by atoms with Gasteiger partial charge in [-0.25, -0.2) is 4.79 Å². The van der Waals surface area contributed by atoms with Crippen LogP contribution in [0.15, 0.2) is 54.6 Å². The van der Waals surface area contributed by atoms with Gasteiger partial charge in [0.25, 0.3) is 0 Å². The summed E-state index contributed by atoms with van der Waals surface area (Å²) in [5, 5.41) is 5.89. The molecule has 25 heavy (non-hydrogen) atoms. The van der Waals surface area contributed by atoms with Gasteiger partial charge >= 0.3 is 6.03 Å². The Hall–Kier alpha value is -2.69. The van der Waals surface area contributed by atoms with Crippen LogP contribution in [0, 0.1) is 5.92 Å². The Morgan fingerprint density at radius 2 is 1.88 bits per heavy atom. The SMILES string of the molecule is COc1ccc(N2CCC(CNC(=O)NCc3ccccc3)C2)cc1. The van der Waals surface area contributed by atoms with E-state index in [2.05, 4.69) is 27.7 Å². The zero-order valence-electron chi connectivity index (χ0n) is 14.6. The monoisotopic (exact) mass is 339 g/mol. The average Bonchev–Trinajstić information content (AvgIpc) is 3.14. The molecule has 1 unspecified atom stereocenters. The van der Waals surface area contributed by atoms with Gasteiger partial charge in [0.05, 0.1) is 7.11 Å². The zero-order valence-corrected chi connectivity index (χ0v) is 14.6. The number of hydrogen-bond acceptors (Lipinski definition) is 3. The molecular formula is C20H25N3O2. The minimum Gasteiger partial charge on any atom is -0.497 e. The highest BCUT2D eigenvalue weighted by atomic mass is 16.5. The Balaban J connectivity index is 1.39. The summed E-state index contributed by atoms with van der Waals surface area (Å²) in [6.07, 6.45) is 1.09. The van der Waals surface area contributed by atoms with Crippen LogP contribution in [-0.4, -0.2) is 32.8 Å². The number of benzene rings is 2. The van der Waals surface area contributed by atoms with Crippen LogP contribution in [0.4, 0.5) is 10.5 Å². The fraction of sp³-hybridized carbons (Fsp3) is 0.350. The third-order valence-corrected chi connectivity index (χ3v) is 4.57. The number of nitrogens with one attached hydrogen (secondary N) is 2. The predicted molar refractivity (Wildman–Crippen MR) is 100.0 cm³/mol. The molecule has 5 nitrogen and oxygen atoms in total. The summed E-state index contributed by atoms with van der Waals surface area (Å²) in [6, 6.07) is 18.0. The summed E-state index contributed by atoms with van der Waals surface area (Å²) >= 11 is 0. The summed E-state index contributed by atoms with van der Waals surface area (Å²) in [7, 11) is 1.68. The molecule has 3 rings (SSSR count). The van der Waals surface area contributed by atoms with E-state index in [-0.39, 0.29) is 6.03 Å². The van der Waals surface area contributed by atoms with Crippen molar-refractivity contribution in [1.82, 2.24) is 10.6 Å². The van der Waals surface area contributed by atoms with Crippen LogP contribution in [0.2, 0.25) is 0 Å². The number of carbonyl (C=O) groups excluding carboxylic acids is 1.